The van der Waals surface area contributed by atoms with Gasteiger partial charge in [0.15, 0.2) is 11.5 Å². The van der Waals surface area contributed by atoms with Crippen LogP contribution in [0.1, 0.15) is 22.3 Å². The smallest absolute Gasteiger partial charge is 0.161 e. The Balaban J connectivity index is 1.62. The minimum Gasteiger partial charge on any atom is -0.508 e. The molecule has 0 amide bonds. The zero-order valence-electron chi connectivity index (χ0n) is 18.4. The molecule has 0 fully saturated rings. The fourth-order valence-electron chi connectivity index (χ4n) is 3.92. The van der Waals surface area contributed by atoms with Gasteiger partial charge in [-0.3, -0.25) is 0 Å². The summed E-state index contributed by atoms with van der Waals surface area (Å²) in [6.07, 6.45) is 0. The highest BCUT2D eigenvalue weighted by Crippen LogP contribution is 2.42. The first kappa shape index (κ1) is 21.3. The first-order valence-electron chi connectivity index (χ1n) is 10.5. The average molecular weight is 427 g/mol. The summed E-state index contributed by atoms with van der Waals surface area (Å²) in [4.78, 5) is 0. The van der Waals surface area contributed by atoms with Gasteiger partial charge < -0.3 is 20.1 Å². The van der Waals surface area contributed by atoms with Crippen LogP contribution in [-0.2, 0) is 6.61 Å². The van der Waals surface area contributed by atoms with E-state index in [1.807, 2.05) is 69.3 Å². The van der Waals surface area contributed by atoms with E-state index in [0.29, 0.717) is 23.5 Å². The summed E-state index contributed by atoms with van der Waals surface area (Å²) in [6, 6.07) is 22.0. The molecular formula is C28H26O4. The van der Waals surface area contributed by atoms with Crippen LogP contribution in [0.15, 0.2) is 72.8 Å². The minimum atomic E-state index is 0.0203. The van der Waals surface area contributed by atoms with Gasteiger partial charge in [-0.05, 0) is 84.5 Å². The van der Waals surface area contributed by atoms with Gasteiger partial charge in [0.25, 0.3) is 0 Å². The lowest BCUT2D eigenvalue weighted by Gasteiger charge is -2.17. The Morgan fingerprint density at radius 1 is 0.719 bits per heavy atom. The first-order chi connectivity index (χ1) is 15.3. The predicted molar refractivity (Wildman–Crippen MR) is 127 cm³/mol. The third kappa shape index (κ3) is 4.26. The maximum Gasteiger partial charge on any atom is 0.161 e. The van der Waals surface area contributed by atoms with E-state index in [1.165, 1.54) is 5.56 Å². The normalized spacial score (nSPS) is 10.8. The van der Waals surface area contributed by atoms with Gasteiger partial charge in [-0.1, -0.05) is 48.0 Å². The van der Waals surface area contributed by atoms with Crippen molar-refractivity contribution in [3.05, 3.63) is 95.1 Å². The van der Waals surface area contributed by atoms with Crippen molar-refractivity contribution in [2.75, 3.05) is 0 Å². The van der Waals surface area contributed by atoms with Crippen LogP contribution in [-0.4, -0.2) is 15.3 Å². The number of phenolic OH excluding ortho intramolecular Hbond substituents is 3. The summed E-state index contributed by atoms with van der Waals surface area (Å²) in [6.45, 7) is 6.24. The standard InChI is InChI=1S/C28H26O4/c1-17-4-6-20(7-5-17)16-32-26-13-10-22(15-25(26)30)24-14-18(2)27(19(3)28(24)31)21-8-11-23(29)12-9-21/h4-15,29-31H,16H2,1-3H3. The molecule has 0 saturated heterocycles. The SMILES string of the molecule is Cc1ccc(COc2ccc(-c3cc(C)c(-c4ccc(O)cc4)c(C)c3O)cc2O)cc1. The highest BCUT2D eigenvalue weighted by molar-refractivity contribution is 5.83. The molecule has 4 rings (SSSR count). The van der Waals surface area contributed by atoms with Crippen molar-refractivity contribution < 1.29 is 20.1 Å². The van der Waals surface area contributed by atoms with E-state index in [9.17, 15) is 15.3 Å². The molecule has 0 aliphatic rings. The topological polar surface area (TPSA) is 69.9 Å². The third-order valence-corrected chi connectivity index (χ3v) is 5.68. The van der Waals surface area contributed by atoms with Gasteiger partial charge >= 0.3 is 0 Å². The Labute approximate surface area is 188 Å². The van der Waals surface area contributed by atoms with Gasteiger partial charge in [-0.2, -0.15) is 0 Å². The van der Waals surface area contributed by atoms with E-state index in [4.69, 9.17) is 4.74 Å². The van der Waals surface area contributed by atoms with Crippen LogP contribution < -0.4 is 4.74 Å². The highest BCUT2D eigenvalue weighted by Gasteiger charge is 2.16. The van der Waals surface area contributed by atoms with Crippen LogP contribution in [0.25, 0.3) is 22.3 Å². The quantitative estimate of drug-likeness (QED) is 0.334. The first-order valence-corrected chi connectivity index (χ1v) is 10.5. The molecule has 32 heavy (non-hydrogen) atoms. The molecule has 0 aromatic heterocycles. The van der Waals surface area contributed by atoms with Gasteiger partial charge in [-0.25, -0.2) is 0 Å². The maximum absolute atomic E-state index is 10.9. The van der Waals surface area contributed by atoms with Crippen LogP contribution in [0, 0.1) is 20.8 Å². The van der Waals surface area contributed by atoms with Crippen LogP contribution in [0.5, 0.6) is 23.0 Å². The van der Waals surface area contributed by atoms with Crippen LogP contribution in [0.4, 0.5) is 0 Å². The minimum absolute atomic E-state index is 0.0203. The predicted octanol–water partition coefficient (Wildman–Crippen LogP) is 6.64. The monoisotopic (exact) mass is 426 g/mol. The van der Waals surface area contributed by atoms with E-state index in [1.54, 1.807) is 24.3 Å². The van der Waals surface area contributed by atoms with Crippen molar-refractivity contribution in [2.24, 2.45) is 0 Å². The lowest BCUT2D eigenvalue weighted by molar-refractivity contribution is 0.289. The molecule has 4 nitrogen and oxygen atoms in total. The summed E-state index contributed by atoms with van der Waals surface area (Å²) in [7, 11) is 0. The Morgan fingerprint density at radius 2 is 1.38 bits per heavy atom. The molecule has 0 radical (unpaired) electrons. The number of aromatic hydroxyl groups is 3. The second kappa shape index (κ2) is 8.67. The van der Waals surface area contributed by atoms with Gasteiger partial charge in [0.2, 0.25) is 0 Å². The van der Waals surface area contributed by atoms with Crippen molar-refractivity contribution in [3.63, 3.8) is 0 Å². The van der Waals surface area contributed by atoms with Crippen molar-refractivity contribution in [1.29, 1.82) is 0 Å². The molecule has 0 heterocycles. The number of hydrogen-bond acceptors (Lipinski definition) is 4. The molecule has 162 valence electrons. The Hall–Kier alpha value is -3.92. The fraction of sp³-hybridized carbons (Fsp3) is 0.143. The molecule has 0 bridgehead atoms. The maximum atomic E-state index is 10.9. The summed E-state index contributed by atoms with van der Waals surface area (Å²) >= 11 is 0. The molecule has 4 heteroatoms. The van der Waals surface area contributed by atoms with Gasteiger partial charge in [0.05, 0.1) is 0 Å². The highest BCUT2D eigenvalue weighted by atomic mass is 16.5. The molecule has 3 N–H and O–H groups in total. The van der Waals surface area contributed by atoms with Crippen molar-refractivity contribution in [1.82, 2.24) is 0 Å². The molecule has 0 unspecified atom stereocenters. The number of phenols is 3. The zero-order chi connectivity index (χ0) is 22.8. The number of hydrogen-bond donors (Lipinski definition) is 3. The van der Waals surface area contributed by atoms with Gasteiger partial charge in [-0.15, -0.1) is 0 Å². The Bertz CT molecular complexity index is 1260. The number of rotatable bonds is 5. The summed E-state index contributed by atoms with van der Waals surface area (Å²) in [5, 5.41) is 31.0. The number of ether oxygens (including phenoxy) is 1. The Morgan fingerprint density at radius 3 is 2.03 bits per heavy atom. The largest absolute Gasteiger partial charge is 0.508 e. The molecule has 0 aliphatic carbocycles. The van der Waals surface area contributed by atoms with E-state index in [0.717, 1.165) is 27.8 Å². The summed E-state index contributed by atoms with van der Waals surface area (Å²) in [5.41, 5.74) is 7.12. The van der Waals surface area contributed by atoms with Crippen LogP contribution in [0.3, 0.4) is 0 Å². The fourth-order valence-corrected chi connectivity index (χ4v) is 3.92. The third-order valence-electron chi connectivity index (χ3n) is 5.68. The molecule has 0 spiro atoms. The van der Waals surface area contributed by atoms with Crippen molar-refractivity contribution in [2.45, 2.75) is 27.4 Å². The van der Waals surface area contributed by atoms with E-state index >= 15 is 0 Å². The number of benzene rings is 4. The average Bonchev–Trinajstić information content (AvgIpc) is 2.78. The molecule has 0 aliphatic heterocycles. The zero-order valence-corrected chi connectivity index (χ0v) is 18.4. The molecule has 0 atom stereocenters. The summed E-state index contributed by atoms with van der Waals surface area (Å²) in [5.74, 6) is 0.770. The lowest BCUT2D eigenvalue weighted by atomic mass is 9.90. The van der Waals surface area contributed by atoms with Crippen LogP contribution >= 0.6 is 0 Å². The molecule has 4 aromatic rings. The molecular weight excluding hydrogens is 400 g/mol. The van der Waals surface area contributed by atoms with E-state index < -0.39 is 0 Å². The van der Waals surface area contributed by atoms with Crippen molar-refractivity contribution in [3.8, 4) is 45.3 Å². The van der Waals surface area contributed by atoms with E-state index in [-0.39, 0.29) is 17.2 Å². The van der Waals surface area contributed by atoms with Crippen molar-refractivity contribution >= 4 is 0 Å². The van der Waals surface area contributed by atoms with Gasteiger partial charge in [0.1, 0.15) is 18.1 Å². The van der Waals surface area contributed by atoms with Crippen LogP contribution in [0.2, 0.25) is 0 Å². The van der Waals surface area contributed by atoms with E-state index in [2.05, 4.69) is 0 Å². The molecule has 4 aromatic carbocycles. The second-order valence-corrected chi connectivity index (χ2v) is 8.09. The Kier molecular flexibility index (Phi) is 5.78. The summed E-state index contributed by atoms with van der Waals surface area (Å²) < 4.78 is 5.78. The lowest BCUT2D eigenvalue weighted by Crippen LogP contribution is -1.96. The second-order valence-electron chi connectivity index (χ2n) is 8.09. The number of aryl methyl sites for hydroxylation is 2. The van der Waals surface area contributed by atoms with Gasteiger partial charge in [0, 0.05) is 5.56 Å². The molecule has 0 saturated carbocycles.